The van der Waals surface area contributed by atoms with Gasteiger partial charge in [-0.2, -0.15) is 10.1 Å². The summed E-state index contributed by atoms with van der Waals surface area (Å²) in [6.07, 6.45) is -2.48. The number of para-hydroxylation sites is 2. The molecule has 0 N–H and O–H groups in total. The van der Waals surface area contributed by atoms with E-state index >= 15 is 0 Å². The summed E-state index contributed by atoms with van der Waals surface area (Å²) < 4.78 is 34.8. The predicted octanol–water partition coefficient (Wildman–Crippen LogP) is 2.62. The van der Waals surface area contributed by atoms with E-state index in [1.54, 1.807) is 26.0 Å². The Balaban J connectivity index is 2.32. The van der Waals surface area contributed by atoms with E-state index in [4.69, 9.17) is 9.47 Å². The normalized spacial score (nSPS) is 17.7. The maximum atomic E-state index is 12.6. The van der Waals surface area contributed by atoms with Gasteiger partial charge in [0.2, 0.25) is 0 Å². The molecular weight excluding hydrogens is 322 g/mol. The van der Waals surface area contributed by atoms with E-state index in [0.717, 1.165) is 5.01 Å². The van der Waals surface area contributed by atoms with E-state index < -0.39 is 30.8 Å². The van der Waals surface area contributed by atoms with Crippen LogP contribution in [0.5, 0.6) is 5.75 Å². The van der Waals surface area contributed by atoms with E-state index in [2.05, 4.69) is 5.10 Å². The topological polar surface area (TPSA) is 68.2 Å². The molecule has 1 amide bonds. The zero-order valence-electron chi connectivity index (χ0n) is 13.4. The summed E-state index contributed by atoms with van der Waals surface area (Å²) in [5.41, 5.74) is 0.757. The molecule has 2 rings (SSSR count). The molecule has 1 aliphatic heterocycles. The van der Waals surface area contributed by atoms with Gasteiger partial charge in [0.25, 0.3) is 12.3 Å². The lowest BCUT2D eigenvalue weighted by atomic mass is 9.99. The van der Waals surface area contributed by atoms with Gasteiger partial charge >= 0.3 is 5.97 Å². The number of benzene rings is 1. The summed E-state index contributed by atoms with van der Waals surface area (Å²) in [7, 11) is 0. The number of ether oxygens (including phenoxy) is 2. The summed E-state index contributed by atoms with van der Waals surface area (Å²) in [4.78, 5) is 24.6. The largest absolute Gasteiger partial charge is 0.485 e. The molecule has 0 saturated carbocycles. The molecule has 0 radical (unpaired) electrons. The van der Waals surface area contributed by atoms with Crippen LogP contribution in [0.2, 0.25) is 0 Å². The summed E-state index contributed by atoms with van der Waals surface area (Å²) in [5.74, 6) is -2.13. The molecule has 0 saturated heterocycles. The highest BCUT2D eigenvalue weighted by molar-refractivity contribution is 6.12. The number of carbonyl (C=O) groups excluding carboxylic acids is 2. The SMILES string of the molecule is CCOC(=O)[C@@H]1CC(C)=NN(c2ccccc2OCC(F)F)C1=O. The van der Waals surface area contributed by atoms with Crippen LogP contribution < -0.4 is 9.75 Å². The number of amides is 1. The lowest BCUT2D eigenvalue weighted by molar-refractivity contribution is -0.151. The van der Waals surface area contributed by atoms with Crippen LogP contribution in [-0.2, 0) is 14.3 Å². The molecule has 1 atom stereocenters. The minimum atomic E-state index is -2.65. The number of halogens is 2. The molecule has 0 unspecified atom stereocenters. The highest BCUT2D eigenvalue weighted by Crippen LogP contribution is 2.32. The van der Waals surface area contributed by atoms with Crippen LogP contribution in [0.15, 0.2) is 29.4 Å². The first kappa shape index (κ1) is 17.8. The van der Waals surface area contributed by atoms with Gasteiger partial charge in [0, 0.05) is 12.1 Å². The highest BCUT2D eigenvalue weighted by Gasteiger charge is 2.37. The molecular formula is C16H18F2N2O4. The van der Waals surface area contributed by atoms with Crippen molar-refractivity contribution >= 4 is 23.3 Å². The standard InChI is InChI=1S/C16H18F2N2O4/c1-3-23-16(22)11-8-10(2)19-20(15(11)21)12-6-4-5-7-13(12)24-9-14(17)18/h4-7,11,14H,3,8-9H2,1-2H3/t11-/m1/s1. The van der Waals surface area contributed by atoms with E-state index in [0.29, 0.717) is 5.71 Å². The summed E-state index contributed by atoms with van der Waals surface area (Å²) in [5, 5.41) is 5.15. The molecule has 0 fully saturated rings. The summed E-state index contributed by atoms with van der Waals surface area (Å²) in [6, 6.07) is 6.20. The second-order valence-electron chi connectivity index (χ2n) is 5.16. The van der Waals surface area contributed by atoms with Crippen LogP contribution >= 0.6 is 0 Å². The quantitative estimate of drug-likeness (QED) is 0.590. The Morgan fingerprint density at radius 1 is 1.42 bits per heavy atom. The fraction of sp³-hybridized carbons (Fsp3) is 0.438. The van der Waals surface area contributed by atoms with Gasteiger partial charge in [-0.1, -0.05) is 12.1 Å². The van der Waals surface area contributed by atoms with Crippen molar-refractivity contribution in [2.75, 3.05) is 18.2 Å². The van der Waals surface area contributed by atoms with Crippen LogP contribution in [0.4, 0.5) is 14.5 Å². The Morgan fingerprint density at radius 3 is 2.79 bits per heavy atom. The van der Waals surface area contributed by atoms with Crippen molar-refractivity contribution in [2.45, 2.75) is 26.7 Å². The molecule has 0 spiro atoms. The van der Waals surface area contributed by atoms with Crippen molar-refractivity contribution in [3.63, 3.8) is 0 Å². The number of hydrazone groups is 1. The van der Waals surface area contributed by atoms with Gasteiger partial charge in [0.15, 0.2) is 0 Å². The Labute approximate surface area is 138 Å². The first-order chi connectivity index (χ1) is 11.4. The number of esters is 1. The third kappa shape index (κ3) is 4.06. The van der Waals surface area contributed by atoms with Crippen LogP contribution in [0.1, 0.15) is 20.3 Å². The van der Waals surface area contributed by atoms with Crippen LogP contribution in [0.25, 0.3) is 0 Å². The molecule has 6 nitrogen and oxygen atoms in total. The van der Waals surface area contributed by atoms with E-state index in [-0.39, 0.29) is 24.5 Å². The number of rotatable bonds is 6. The van der Waals surface area contributed by atoms with Crippen LogP contribution in [0.3, 0.4) is 0 Å². The van der Waals surface area contributed by atoms with Crippen LogP contribution in [-0.4, -0.2) is 37.2 Å². The van der Waals surface area contributed by atoms with Crippen molar-refractivity contribution < 1.29 is 27.8 Å². The van der Waals surface area contributed by atoms with Crippen LogP contribution in [0, 0.1) is 5.92 Å². The van der Waals surface area contributed by atoms with Gasteiger partial charge in [-0.3, -0.25) is 9.59 Å². The first-order valence-corrected chi connectivity index (χ1v) is 7.48. The first-order valence-electron chi connectivity index (χ1n) is 7.48. The fourth-order valence-electron chi connectivity index (χ4n) is 2.30. The molecule has 1 aromatic carbocycles. The smallest absolute Gasteiger partial charge is 0.318 e. The molecule has 1 heterocycles. The zero-order valence-corrected chi connectivity index (χ0v) is 13.4. The van der Waals surface area contributed by atoms with Crippen molar-refractivity contribution in [1.29, 1.82) is 0 Å². The lowest BCUT2D eigenvalue weighted by Crippen LogP contribution is -2.42. The molecule has 130 valence electrons. The fourth-order valence-corrected chi connectivity index (χ4v) is 2.30. The minimum absolute atomic E-state index is 0.0900. The molecule has 0 bridgehead atoms. The number of hydrogen-bond acceptors (Lipinski definition) is 5. The molecule has 1 aliphatic rings. The average Bonchev–Trinajstić information content (AvgIpc) is 2.55. The van der Waals surface area contributed by atoms with Gasteiger partial charge in [-0.15, -0.1) is 0 Å². The number of hydrogen-bond donors (Lipinski definition) is 0. The number of carbonyl (C=O) groups is 2. The van der Waals surface area contributed by atoms with Gasteiger partial charge in [0.1, 0.15) is 24.0 Å². The second kappa shape index (κ2) is 7.85. The number of alkyl halides is 2. The number of nitrogens with zero attached hydrogens (tertiary/aromatic N) is 2. The summed E-state index contributed by atoms with van der Waals surface area (Å²) in [6.45, 7) is 2.68. The lowest BCUT2D eigenvalue weighted by Gasteiger charge is -2.28. The third-order valence-corrected chi connectivity index (χ3v) is 3.31. The Morgan fingerprint density at radius 2 is 2.12 bits per heavy atom. The monoisotopic (exact) mass is 340 g/mol. The van der Waals surface area contributed by atoms with Crippen molar-refractivity contribution in [2.24, 2.45) is 11.0 Å². The minimum Gasteiger partial charge on any atom is -0.485 e. The molecule has 8 heteroatoms. The molecule has 24 heavy (non-hydrogen) atoms. The molecule has 0 aliphatic carbocycles. The maximum Gasteiger partial charge on any atom is 0.318 e. The van der Waals surface area contributed by atoms with Crippen molar-refractivity contribution in [3.05, 3.63) is 24.3 Å². The summed E-state index contributed by atoms with van der Waals surface area (Å²) >= 11 is 0. The predicted molar refractivity (Wildman–Crippen MR) is 83.3 cm³/mol. The van der Waals surface area contributed by atoms with Crippen molar-refractivity contribution in [3.8, 4) is 5.75 Å². The number of anilines is 1. The second-order valence-corrected chi connectivity index (χ2v) is 5.16. The Kier molecular flexibility index (Phi) is 5.83. The van der Waals surface area contributed by atoms with Crippen molar-refractivity contribution in [1.82, 2.24) is 0 Å². The van der Waals surface area contributed by atoms with Gasteiger partial charge in [-0.05, 0) is 26.0 Å². The molecule has 0 aromatic heterocycles. The highest BCUT2D eigenvalue weighted by atomic mass is 19.3. The van der Waals surface area contributed by atoms with Gasteiger partial charge in [0.05, 0.1) is 6.61 Å². The molecule has 1 aromatic rings. The van der Waals surface area contributed by atoms with E-state index in [1.807, 2.05) is 0 Å². The van der Waals surface area contributed by atoms with Gasteiger partial charge < -0.3 is 9.47 Å². The average molecular weight is 340 g/mol. The Bertz CT molecular complexity index is 649. The van der Waals surface area contributed by atoms with Gasteiger partial charge in [-0.25, -0.2) is 8.78 Å². The van der Waals surface area contributed by atoms with E-state index in [9.17, 15) is 18.4 Å². The zero-order chi connectivity index (χ0) is 17.7. The Hall–Kier alpha value is -2.51. The maximum absolute atomic E-state index is 12.6. The third-order valence-electron chi connectivity index (χ3n) is 3.31. The van der Waals surface area contributed by atoms with E-state index in [1.165, 1.54) is 12.1 Å².